The van der Waals surface area contributed by atoms with Gasteiger partial charge in [-0.1, -0.05) is 0 Å². The third-order valence-corrected chi connectivity index (χ3v) is 1.17. The van der Waals surface area contributed by atoms with E-state index in [0.29, 0.717) is 11.3 Å². The Hall–Kier alpha value is -0.643. The lowest BCUT2D eigenvalue weighted by Gasteiger charge is -2.06. The molecule has 0 fully saturated rings. The van der Waals surface area contributed by atoms with Gasteiger partial charge in [0.1, 0.15) is 15.6 Å². The summed E-state index contributed by atoms with van der Waals surface area (Å²) in [6, 6.07) is 0. The maximum Gasteiger partial charge on any atom is 0.311 e. The largest absolute Gasteiger partial charge is 0.500 e. The van der Waals surface area contributed by atoms with Gasteiger partial charge in [0.05, 0.1) is 21.3 Å². The third-order valence-electron chi connectivity index (χ3n) is 0.760. The molecule has 0 rings (SSSR count). The molecule has 0 aromatic rings. The molecule has 0 aliphatic heterocycles. The average molecular weight is 145 g/mol. The van der Waals surface area contributed by atoms with E-state index in [2.05, 4.69) is 10.2 Å². The van der Waals surface area contributed by atoms with Crippen molar-refractivity contribution < 1.29 is 14.2 Å². The molecule has 4 heteroatoms. The van der Waals surface area contributed by atoms with Crippen LogP contribution < -0.4 is 0 Å². The molecule has 3 radical (unpaired) electrons. The van der Waals surface area contributed by atoms with Gasteiger partial charge >= 0.3 is 5.95 Å². The van der Waals surface area contributed by atoms with Crippen molar-refractivity contribution in [3.05, 3.63) is 11.3 Å². The first-order valence-electron chi connectivity index (χ1n) is 2.34. The molecule has 0 N–H and O–H groups in total. The highest BCUT2D eigenvalue weighted by atomic mass is 28.1. The van der Waals surface area contributed by atoms with E-state index in [1.54, 1.807) is 0 Å². The van der Waals surface area contributed by atoms with Crippen molar-refractivity contribution in [2.24, 2.45) is 0 Å². The highest BCUT2D eigenvalue weighted by Crippen LogP contribution is 2.01. The summed E-state index contributed by atoms with van der Waals surface area (Å²) in [6.45, 7) is 0. The van der Waals surface area contributed by atoms with E-state index in [1.165, 1.54) is 21.3 Å². The van der Waals surface area contributed by atoms with Crippen LogP contribution in [-0.2, 0) is 14.2 Å². The second-order valence-corrected chi connectivity index (χ2v) is 1.68. The van der Waals surface area contributed by atoms with Crippen LogP contribution >= 0.6 is 0 Å². The Bertz CT molecular complexity index is 105. The molecule has 0 saturated carbocycles. The molecule has 3 nitrogen and oxygen atoms in total. The first-order chi connectivity index (χ1) is 4.26. The fourth-order valence-electron chi connectivity index (χ4n) is 0.352. The van der Waals surface area contributed by atoms with Crippen LogP contribution in [0, 0.1) is 0 Å². The standard InChI is InChI=1S/C5H9O3Si/c1-6-4(7-2)5(9)8-3/h1-3H3. The van der Waals surface area contributed by atoms with Crippen LogP contribution in [0.25, 0.3) is 0 Å². The molecule has 51 valence electrons. The monoisotopic (exact) mass is 145 g/mol. The Morgan fingerprint density at radius 3 is 1.56 bits per heavy atom. The van der Waals surface area contributed by atoms with Crippen LogP contribution in [0.5, 0.6) is 0 Å². The molecule has 0 aromatic carbocycles. The molecule has 0 amide bonds. The van der Waals surface area contributed by atoms with Gasteiger partial charge in [0, 0.05) is 0 Å². The zero-order valence-corrected chi connectivity index (χ0v) is 6.72. The van der Waals surface area contributed by atoms with Gasteiger partial charge < -0.3 is 14.2 Å². The number of methoxy groups -OCH3 is 3. The van der Waals surface area contributed by atoms with Gasteiger partial charge in [-0.25, -0.2) is 0 Å². The molecule has 0 aromatic heterocycles. The predicted molar refractivity (Wildman–Crippen MR) is 33.8 cm³/mol. The fraction of sp³-hybridized carbons (Fsp3) is 0.600. The molecule has 0 heterocycles. The third kappa shape index (κ3) is 2.41. The Morgan fingerprint density at radius 1 is 1.00 bits per heavy atom. The molecule has 0 aliphatic carbocycles. The minimum absolute atomic E-state index is 0.328. The number of hydrogen-bond donors (Lipinski definition) is 0. The van der Waals surface area contributed by atoms with Crippen LogP contribution in [0.4, 0.5) is 0 Å². The van der Waals surface area contributed by atoms with E-state index in [4.69, 9.17) is 14.2 Å². The minimum atomic E-state index is 0.328. The first-order valence-corrected chi connectivity index (χ1v) is 2.84. The SMILES string of the molecule is COC([Si])=C(OC)OC. The zero-order chi connectivity index (χ0) is 7.28. The summed E-state index contributed by atoms with van der Waals surface area (Å²) < 4.78 is 14.2. The van der Waals surface area contributed by atoms with E-state index < -0.39 is 0 Å². The highest BCUT2D eigenvalue weighted by molar-refractivity contribution is 6.20. The molecule has 0 atom stereocenters. The van der Waals surface area contributed by atoms with Crippen molar-refractivity contribution in [1.82, 2.24) is 0 Å². The Kier molecular flexibility index (Phi) is 3.95. The van der Waals surface area contributed by atoms with Gasteiger partial charge in [0.15, 0.2) is 0 Å². The van der Waals surface area contributed by atoms with Crippen molar-refractivity contribution in [2.75, 3.05) is 21.3 Å². The summed E-state index contributed by atoms with van der Waals surface area (Å²) in [5.41, 5.74) is 0. The maximum atomic E-state index is 4.74. The zero-order valence-electron chi connectivity index (χ0n) is 5.72. The summed E-state index contributed by atoms with van der Waals surface area (Å²) in [4.78, 5) is 0. The topological polar surface area (TPSA) is 27.7 Å². The lowest BCUT2D eigenvalue weighted by Crippen LogP contribution is -1.98. The predicted octanol–water partition coefficient (Wildman–Crippen LogP) is 0.221. The van der Waals surface area contributed by atoms with Gasteiger partial charge in [-0.3, -0.25) is 0 Å². The molecule has 0 saturated heterocycles. The Morgan fingerprint density at radius 2 is 1.44 bits per heavy atom. The van der Waals surface area contributed by atoms with Crippen molar-refractivity contribution >= 4 is 10.2 Å². The van der Waals surface area contributed by atoms with Crippen molar-refractivity contribution in [3.8, 4) is 0 Å². The molecular formula is C5H9O3Si. The van der Waals surface area contributed by atoms with E-state index >= 15 is 0 Å². The van der Waals surface area contributed by atoms with Gasteiger partial charge in [-0.2, -0.15) is 0 Å². The first kappa shape index (κ1) is 8.36. The van der Waals surface area contributed by atoms with E-state index in [1.807, 2.05) is 0 Å². The Labute approximate surface area is 58.0 Å². The van der Waals surface area contributed by atoms with Crippen molar-refractivity contribution in [2.45, 2.75) is 0 Å². The lowest BCUT2D eigenvalue weighted by atomic mass is 10.9. The van der Waals surface area contributed by atoms with Crippen LogP contribution in [0.1, 0.15) is 0 Å². The van der Waals surface area contributed by atoms with Crippen LogP contribution in [-0.4, -0.2) is 31.6 Å². The number of rotatable bonds is 3. The Balaban J connectivity index is 4.01. The second kappa shape index (κ2) is 4.26. The number of ether oxygens (including phenoxy) is 3. The van der Waals surface area contributed by atoms with Crippen LogP contribution in [0.3, 0.4) is 0 Å². The van der Waals surface area contributed by atoms with E-state index in [0.717, 1.165) is 0 Å². The van der Waals surface area contributed by atoms with Gasteiger partial charge in [0.2, 0.25) is 0 Å². The fourth-order valence-corrected chi connectivity index (χ4v) is 0.556. The van der Waals surface area contributed by atoms with E-state index in [-0.39, 0.29) is 0 Å². The second-order valence-electron chi connectivity index (χ2n) is 1.23. The average Bonchev–Trinajstić information content (AvgIpc) is 1.90. The summed E-state index contributed by atoms with van der Waals surface area (Å²) >= 11 is 0. The van der Waals surface area contributed by atoms with Crippen molar-refractivity contribution in [1.29, 1.82) is 0 Å². The summed E-state index contributed by atoms with van der Waals surface area (Å²) in [6.07, 6.45) is 0. The summed E-state index contributed by atoms with van der Waals surface area (Å²) in [5, 5.41) is 0.444. The molecule has 0 bridgehead atoms. The van der Waals surface area contributed by atoms with Gasteiger partial charge in [-0.05, 0) is 0 Å². The van der Waals surface area contributed by atoms with Crippen LogP contribution in [0.15, 0.2) is 11.3 Å². The maximum absolute atomic E-state index is 4.74. The quantitative estimate of drug-likeness (QED) is 0.420. The smallest absolute Gasteiger partial charge is 0.311 e. The van der Waals surface area contributed by atoms with Gasteiger partial charge in [-0.15, -0.1) is 0 Å². The molecule has 0 aliphatic rings. The van der Waals surface area contributed by atoms with Crippen molar-refractivity contribution in [3.63, 3.8) is 0 Å². The lowest BCUT2D eigenvalue weighted by molar-refractivity contribution is 0.0758. The van der Waals surface area contributed by atoms with Crippen LogP contribution in [0.2, 0.25) is 0 Å². The normalized spacial score (nSPS) is 8.00. The summed E-state index contributed by atoms with van der Waals surface area (Å²) in [5.74, 6) is 0.328. The molecule has 9 heavy (non-hydrogen) atoms. The molecule has 0 unspecified atom stereocenters. The highest BCUT2D eigenvalue weighted by Gasteiger charge is 1.99. The number of hydrogen-bond acceptors (Lipinski definition) is 3. The molecular weight excluding hydrogens is 136 g/mol. The minimum Gasteiger partial charge on any atom is -0.500 e. The summed E-state index contributed by atoms with van der Waals surface area (Å²) in [7, 11) is 7.63. The molecule has 0 spiro atoms. The van der Waals surface area contributed by atoms with E-state index in [9.17, 15) is 0 Å². The van der Waals surface area contributed by atoms with Gasteiger partial charge in [0.25, 0.3) is 0 Å².